The van der Waals surface area contributed by atoms with E-state index in [0.29, 0.717) is 23.1 Å². The Morgan fingerprint density at radius 3 is 2.33 bits per heavy atom. The van der Waals surface area contributed by atoms with Gasteiger partial charge in [0.25, 0.3) is 5.69 Å². The first-order valence-electron chi connectivity index (χ1n) is 10.9. The van der Waals surface area contributed by atoms with Gasteiger partial charge in [-0.3, -0.25) is 14.9 Å². The van der Waals surface area contributed by atoms with Gasteiger partial charge in [-0.25, -0.2) is 0 Å². The zero-order chi connectivity index (χ0) is 21.1. The molecule has 2 aromatic carbocycles. The third-order valence-electron chi connectivity index (χ3n) is 7.87. The predicted molar refractivity (Wildman–Crippen MR) is 116 cm³/mol. The van der Waals surface area contributed by atoms with Gasteiger partial charge in [-0.15, -0.1) is 0 Å². The van der Waals surface area contributed by atoms with Crippen molar-refractivity contribution in [1.29, 1.82) is 0 Å². The van der Waals surface area contributed by atoms with Gasteiger partial charge in [0.2, 0.25) is 5.91 Å². The number of benzene rings is 2. The van der Waals surface area contributed by atoms with Crippen molar-refractivity contribution in [2.24, 2.45) is 17.3 Å². The molecule has 4 aliphatic rings. The Morgan fingerprint density at radius 1 is 1.03 bits per heavy atom. The van der Waals surface area contributed by atoms with E-state index in [1.807, 2.05) is 0 Å². The lowest BCUT2D eigenvalue weighted by Crippen LogP contribution is -2.57. The van der Waals surface area contributed by atoms with Gasteiger partial charge >= 0.3 is 0 Å². The molecule has 30 heavy (non-hydrogen) atoms. The van der Waals surface area contributed by atoms with Gasteiger partial charge in [-0.1, -0.05) is 35.9 Å². The van der Waals surface area contributed by atoms with Crippen molar-refractivity contribution < 1.29 is 9.72 Å². The summed E-state index contributed by atoms with van der Waals surface area (Å²) in [5, 5.41) is 14.4. The van der Waals surface area contributed by atoms with Crippen LogP contribution in [-0.2, 0) is 10.2 Å². The van der Waals surface area contributed by atoms with Crippen LogP contribution >= 0.6 is 0 Å². The van der Waals surface area contributed by atoms with Crippen LogP contribution < -0.4 is 5.32 Å². The number of rotatable bonds is 4. The first-order valence-corrected chi connectivity index (χ1v) is 10.9. The zero-order valence-electron chi connectivity index (χ0n) is 17.6. The van der Waals surface area contributed by atoms with Gasteiger partial charge in [0.15, 0.2) is 0 Å². The Bertz CT molecular complexity index is 1010. The summed E-state index contributed by atoms with van der Waals surface area (Å²) in [4.78, 5) is 24.5. The molecular weight excluding hydrogens is 376 g/mol. The molecule has 5 heteroatoms. The molecule has 0 spiro atoms. The van der Waals surface area contributed by atoms with Gasteiger partial charge in [-0.05, 0) is 81.3 Å². The second kappa shape index (κ2) is 6.66. The molecule has 0 aliphatic heterocycles. The van der Waals surface area contributed by atoms with Gasteiger partial charge in [0, 0.05) is 17.3 Å². The van der Waals surface area contributed by atoms with Gasteiger partial charge in [0.1, 0.15) is 0 Å². The molecule has 0 radical (unpaired) electrons. The summed E-state index contributed by atoms with van der Waals surface area (Å²) >= 11 is 0. The average molecular weight is 405 g/mol. The molecule has 4 aliphatic carbocycles. The molecule has 0 saturated heterocycles. The SMILES string of the molecule is Cc1ccc(C23CC4CC(CC(C(=O)Nc5ccc(C)c([N+](=O)[O-])c5)(C4)C2)C3)cc1. The fraction of sp³-hybridized carbons (Fsp3) is 0.480. The topological polar surface area (TPSA) is 72.2 Å². The first kappa shape index (κ1) is 19.3. The number of amides is 1. The quantitative estimate of drug-likeness (QED) is 0.526. The molecule has 2 aromatic rings. The van der Waals surface area contributed by atoms with Gasteiger partial charge < -0.3 is 5.32 Å². The summed E-state index contributed by atoms with van der Waals surface area (Å²) in [5.74, 6) is 1.22. The third kappa shape index (κ3) is 3.03. The molecule has 0 aromatic heterocycles. The summed E-state index contributed by atoms with van der Waals surface area (Å²) < 4.78 is 0. The summed E-state index contributed by atoms with van der Waals surface area (Å²) in [6.45, 7) is 3.83. The lowest BCUT2D eigenvalue weighted by Gasteiger charge is -2.61. The smallest absolute Gasteiger partial charge is 0.274 e. The highest BCUT2D eigenvalue weighted by Crippen LogP contribution is 2.66. The largest absolute Gasteiger partial charge is 0.325 e. The van der Waals surface area contributed by atoms with Crippen LogP contribution in [0.5, 0.6) is 0 Å². The normalized spacial score (nSPS) is 31.5. The lowest BCUT2D eigenvalue weighted by molar-refractivity contribution is -0.385. The van der Waals surface area contributed by atoms with Crippen molar-refractivity contribution in [3.8, 4) is 0 Å². The van der Waals surface area contributed by atoms with E-state index >= 15 is 0 Å². The van der Waals surface area contributed by atoms with Crippen LogP contribution in [-0.4, -0.2) is 10.8 Å². The Kier molecular flexibility index (Phi) is 4.28. The minimum atomic E-state index is -0.387. The first-order chi connectivity index (χ1) is 14.3. The number of hydrogen-bond donors (Lipinski definition) is 1. The number of aryl methyl sites for hydroxylation is 2. The van der Waals surface area contributed by atoms with Crippen LogP contribution in [0.1, 0.15) is 55.2 Å². The molecule has 156 valence electrons. The van der Waals surface area contributed by atoms with Crippen LogP contribution in [0, 0.1) is 41.2 Å². The van der Waals surface area contributed by atoms with E-state index in [0.717, 1.165) is 19.3 Å². The van der Waals surface area contributed by atoms with E-state index < -0.39 is 0 Å². The minimum absolute atomic E-state index is 0.0474. The number of anilines is 1. The highest BCUT2D eigenvalue weighted by Gasteiger charge is 2.60. The van der Waals surface area contributed by atoms with Crippen molar-refractivity contribution in [1.82, 2.24) is 0 Å². The van der Waals surface area contributed by atoms with Crippen LogP contribution in [0.3, 0.4) is 0 Å². The van der Waals surface area contributed by atoms with E-state index in [9.17, 15) is 14.9 Å². The standard InChI is InChI=1S/C25H28N2O3/c1-16-3-6-20(7-4-16)24-11-18-9-19(12-24)14-25(13-18,15-24)23(28)26-21-8-5-17(2)22(10-21)27(29)30/h3-8,10,18-19H,9,11-15H2,1-2H3,(H,26,28). The monoisotopic (exact) mass is 404 g/mol. The molecule has 4 saturated carbocycles. The summed E-state index contributed by atoms with van der Waals surface area (Å²) in [7, 11) is 0. The maximum Gasteiger partial charge on any atom is 0.274 e. The number of nitrogens with zero attached hydrogens (tertiary/aromatic N) is 1. The maximum absolute atomic E-state index is 13.6. The molecule has 4 fully saturated rings. The predicted octanol–water partition coefficient (Wildman–Crippen LogP) is 5.69. The van der Waals surface area contributed by atoms with E-state index in [-0.39, 0.29) is 27.3 Å². The Hall–Kier alpha value is -2.69. The van der Waals surface area contributed by atoms with Gasteiger partial charge in [0.05, 0.1) is 10.3 Å². The summed E-state index contributed by atoms with van der Waals surface area (Å²) in [6.07, 6.45) is 6.36. The van der Waals surface area contributed by atoms with E-state index in [1.165, 1.54) is 36.5 Å². The number of carbonyl (C=O) groups excluding carboxylic acids is 1. The number of nitrogens with one attached hydrogen (secondary N) is 1. The van der Waals surface area contributed by atoms with Crippen LogP contribution in [0.2, 0.25) is 0 Å². The van der Waals surface area contributed by atoms with E-state index in [1.54, 1.807) is 19.1 Å². The minimum Gasteiger partial charge on any atom is -0.325 e. The maximum atomic E-state index is 13.6. The summed E-state index contributed by atoms with van der Waals surface area (Å²) in [6, 6.07) is 13.9. The molecule has 0 heterocycles. The Morgan fingerprint density at radius 2 is 1.70 bits per heavy atom. The van der Waals surface area contributed by atoms with Crippen molar-refractivity contribution in [2.75, 3.05) is 5.32 Å². The second-order valence-corrected chi connectivity index (χ2v) is 10.1. The Balaban J connectivity index is 1.45. The second-order valence-electron chi connectivity index (χ2n) is 10.1. The molecule has 2 unspecified atom stereocenters. The molecule has 1 N–H and O–H groups in total. The number of nitro benzene ring substituents is 1. The molecule has 2 atom stereocenters. The molecule has 4 bridgehead atoms. The third-order valence-corrected chi connectivity index (χ3v) is 7.87. The number of hydrogen-bond acceptors (Lipinski definition) is 3. The van der Waals surface area contributed by atoms with E-state index in [4.69, 9.17) is 0 Å². The fourth-order valence-corrected chi connectivity index (χ4v) is 6.92. The number of carbonyl (C=O) groups is 1. The Labute approximate surface area is 177 Å². The summed E-state index contributed by atoms with van der Waals surface area (Å²) in [5.41, 5.74) is 3.54. The highest BCUT2D eigenvalue weighted by atomic mass is 16.6. The average Bonchev–Trinajstić information content (AvgIpc) is 2.68. The molecular formula is C25H28N2O3. The van der Waals surface area contributed by atoms with Crippen LogP contribution in [0.25, 0.3) is 0 Å². The molecule has 5 nitrogen and oxygen atoms in total. The molecule has 6 rings (SSSR count). The van der Waals surface area contributed by atoms with Crippen LogP contribution in [0.15, 0.2) is 42.5 Å². The fourth-order valence-electron chi connectivity index (χ4n) is 6.92. The van der Waals surface area contributed by atoms with Crippen molar-refractivity contribution in [3.05, 3.63) is 69.3 Å². The zero-order valence-corrected chi connectivity index (χ0v) is 17.6. The van der Waals surface area contributed by atoms with Crippen molar-refractivity contribution in [2.45, 2.75) is 57.8 Å². The van der Waals surface area contributed by atoms with E-state index in [2.05, 4.69) is 36.5 Å². The lowest BCUT2D eigenvalue weighted by atomic mass is 9.42. The highest BCUT2D eigenvalue weighted by molar-refractivity contribution is 5.96. The van der Waals surface area contributed by atoms with Crippen molar-refractivity contribution >= 4 is 17.3 Å². The van der Waals surface area contributed by atoms with Gasteiger partial charge in [-0.2, -0.15) is 0 Å². The van der Waals surface area contributed by atoms with Crippen LogP contribution in [0.4, 0.5) is 11.4 Å². The molecule has 1 amide bonds. The van der Waals surface area contributed by atoms with Crippen molar-refractivity contribution in [3.63, 3.8) is 0 Å². The number of nitro groups is 1.